The minimum absolute atomic E-state index is 0.145. The summed E-state index contributed by atoms with van der Waals surface area (Å²) in [7, 11) is 0. The lowest BCUT2D eigenvalue weighted by atomic mass is 10.00. The van der Waals surface area contributed by atoms with Gasteiger partial charge in [0.15, 0.2) is 0 Å². The Morgan fingerprint density at radius 1 is 1.17 bits per heavy atom. The number of nitrogens with zero attached hydrogens (tertiary/aromatic N) is 1. The first-order valence-electron chi connectivity index (χ1n) is 5.59. The van der Waals surface area contributed by atoms with Gasteiger partial charge in [0.25, 0.3) is 0 Å². The summed E-state index contributed by atoms with van der Waals surface area (Å²) < 4.78 is 0.766. The number of fused-ring (bicyclic) bond motifs is 1. The van der Waals surface area contributed by atoms with Gasteiger partial charge >= 0.3 is 0 Å². The van der Waals surface area contributed by atoms with Crippen molar-refractivity contribution < 1.29 is 0 Å². The maximum absolute atomic E-state index is 6.33. The van der Waals surface area contributed by atoms with Crippen LogP contribution in [-0.2, 0) is 0 Å². The molecule has 0 saturated carbocycles. The Morgan fingerprint density at radius 3 is 2.83 bits per heavy atom. The normalized spacial score (nSPS) is 12.8. The van der Waals surface area contributed by atoms with Crippen LogP contribution in [0.1, 0.15) is 16.5 Å². The average Bonchev–Trinajstić information content (AvgIpc) is 2.84. The molecule has 0 amide bonds. The number of hydrogen-bond donors (Lipinski definition) is 1. The van der Waals surface area contributed by atoms with E-state index in [0.717, 1.165) is 25.5 Å². The molecule has 2 nitrogen and oxygen atoms in total. The third-order valence-corrected chi connectivity index (χ3v) is 4.26. The van der Waals surface area contributed by atoms with Crippen LogP contribution in [0, 0.1) is 0 Å². The number of benzene rings is 1. The number of nitrogens with two attached hydrogens (primary N) is 1. The van der Waals surface area contributed by atoms with Crippen LogP contribution in [0.4, 0.5) is 0 Å². The Kier molecular flexibility index (Phi) is 3.04. The summed E-state index contributed by atoms with van der Waals surface area (Å²) >= 11 is 7.49. The van der Waals surface area contributed by atoms with E-state index in [9.17, 15) is 0 Å². The van der Waals surface area contributed by atoms with E-state index in [1.54, 1.807) is 6.20 Å². The third-order valence-electron chi connectivity index (χ3n) is 2.95. The quantitative estimate of drug-likeness (QED) is 0.767. The molecule has 1 atom stereocenters. The minimum Gasteiger partial charge on any atom is -0.320 e. The SMILES string of the molecule is NC(c1ccc(Cl)s1)c1cccc2cnccc12. The van der Waals surface area contributed by atoms with Crippen LogP contribution in [0.5, 0.6) is 0 Å². The molecule has 0 radical (unpaired) electrons. The van der Waals surface area contributed by atoms with E-state index in [1.165, 1.54) is 11.3 Å². The fraction of sp³-hybridized carbons (Fsp3) is 0.0714. The Balaban J connectivity index is 2.14. The van der Waals surface area contributed by atoms with Crippen LogP contribution < -0.4 is 5.73 Å². The van der Waals surface area contributed by atoms with E-state index in [0.29, 0.717) is 0 Å². The Hall–Kier alpha value is -1.42. The Labute approximate surface area is 114 Å². The fourth-order valence-corrected chi connectivity index (χ4v) is 3.15. The lowest BCUT2D eigenvalue weighted by molar-refractivity contribution is 0.903. The van der Waals surface area contributed by atoms with Gasteiger partial charge in [-0.1, -0.05) is 29.8 Å². The van der Waals surface area contributed by atoms with Crippen molar-refractivity contribution in [1.29, 1.82) is 0 Å². The van der Waals surface area contributed by atoms with Crippen molar-refractivity contribution in [1.82, 2.24) is 4.98 Å². The van der Waals surface area contributed by atoms with Gasteiger partial charge < -0.3 is 5.73 Å². The van der Waals surface area contributed by atoms with Gasteiger partial charge in [0.2, 0.25) is 0 Å². The first kappa shape index (κ1) is 11.7. The zero-order chi connectivity index (χ0) is 12.5. The van der Waals surface area contributed by atoms with Gasteiger partial charge in [0, 0.05) is 22.7 Å². The molecule has 1 unspecified atom stereocenters. The smallest absolute Gasteiger partial charge is 0.0931 e. The number of hydrogen-bond acceptors (Lipinski definition) is 3. The van der Waals surface area contributed by atoms with Crippen LogP contribution in [0.25, 0.3) is 10.8 Å². The predicted octanol–water partition coefficient (Wildman–Crippen LogP) is 4.00. The third kappa shape index (κ3) is 2.01. The zero-order valence-electron chi connectivity index (χ0n) is 9.51. The van der Waals surface area contributed by atoms with Crippen LogP contribution in [0.2, 0.25) is 4.34 Å². The molecule has 18 heavy (non-hydrogen) atoms. The first-order valence-corrected chi connectivity index (χ1v) is 6.78. The molecular weight excluding hydrogens is 264 g/mol. The van der Waals surface area contributed by atoms with E-state index in [1.807, 2.05) is 36.5 Å². The van der Waals surface area contributed by atoms with Crippen LogP contribution in [0.3, 0.4) is 0 Å². The maximum Gasteiger partial charge on any atom is 0.0931 e. The lowest BCUT2D eigenvalue weighted by Crippen LogP contribution is -2.10. The number of aromatic nitrogens is 1. The highest BCUT2D eigenvalue weighted by Gasteiger charge is 2.13. The number of thiophene rings is 1. The second-order valence-electron chi connectivity index (χ2n) is 4.06. The summed E-state index contributed by atoms with van der Waals surface area (Å²) in [6.07, 6.45) is 3.65. The van der Waals surface area contributed by atoms with Gasteiger partial charge in [0.1, 0.15) is 0 Å². The molecule has 2 N–H and O–H groups in total. The standard InChI is InChI=1S/C14H11ClN2S/c15-13-5-4-12(18-13)14(16)11-3-1-2-9-8-17-7-6-10(9)11/h1-8,14H,16H2. The number of rotatable bonds is 2. The molecule has 3 rings (SSSR count). The largest absolute Gasteiger partial charge is 0.320 e. The summed E-state index contributed by atoms with van der Waals surface area (Å²) in [6, 6.07) is 11.8. The molecule has 0 aliphatic carbocycles. The summed E-state index contributed by atoms with van der Waals surface area (Å²) in [4.78, 5) is 5.20. The van der Waals surface area contributed by atoms with Gasteiger partial charge in [-0.15, -0.1) is 11.3 Å². The molecule has 1 aromatic carbocycles. The Bertz CT molecular complexity index is 688. The van der Waals surface area contributed by atoms with Gasteiger partial charge in [-0.3, -0.25) is 4.98 Å². The summed E-state index contributed by atoms with van der Waals surface area (Å²) in [5.74, 6) is 0. The Morgan fingerprint density at radius 2 is 2.06 bits per heavy atom. The molecule has 4 heteroatoms. The number of pyridine rings is 1. The van der Waals surface area contributed by atoms with Gasteiger partial charge in [-0.2, -0.15) is 0 Å². The van der Waals surface area contributed by atoms with E-state index < -0.39 is 0 Å². The van der Waals surface area contributed by atoms with Gasteiger partial charge in [-0.05, 0) is 29.1 Å². The van der Waals surface area contributed by atoms with Crippen LogP contribution in [-0.4, -0.2) is 4.98 Å². The second-order valence-corrected chi connectivity index (χ2v) is 5.81. The maximum atomic E-state index is 6.33. The van der Waals surface area contributed by atoms with E-state index >= 15 is 0 Å². The van der Waals surface area contributed by atoms with Crippen molar-refractivity contribution in [2.75, 3.05) is 0 Å². The fourth-order valence-electron chi connectivity index (χ4n) is 2.07. The number of halogens is 1. The molecular formula is C14H11ClN2S. The highest BCUT2D eigenvalue weighted by molar-refractivity contribution is 7.16. The molecule has 0 bridgehead atoms. The van der Waals surface area contributed by atoms with Gasteiger partial charge in [-0.25, -0.2) is 0 Å². The van der Waals surface area contributed by atoms with Crippen LogP contribution in [0.15, 0.2) is 48.8 Å². The van der Waals surface area contributed by atoms with Crippen molar-refractivity contribution in [3.8, 4) is 0 Å². The van der Waals surface area contributed by atoms with Crippen molar-refractivity contribution in [3.05, 3.63) is 63.6 Å². The second kappa shape index (κ2) is 4.69. The van der Waals surface area contributed by atoms with Crippen molar-refractivity contribution in [2.45, 2.75) is 6.04 Å². The molecule has 3 aromatic rings. The van der Waals surface area contributed by atoms with Gasteiger partial charge in [0.05, 0.1) is 10.4 Å². The minimum atomic E-state index is -0.145. The van der Waals surface area contributed by atoms with E-state index in [2.05, 4.69) is 11.1 Å². The molecule has 0 aliphatic rings. The predicted molar refractivity (Wildman–Crippen MR) is 77.1 cm³/mol. The molecule has 0 saturated heterocycles. The molecule has 2 aromatic heterocycles. The summed E-state index contributed by atoms with van der Waals surface area (Å²) in [6.45, 7) is 0. The van der Waals surface area contributed by atoms with E-state index in [-0.39, 0.29) is 6.04 Å². The topological polar surface area (TPSA) is 38.9 Å². The highest BCUT2D eigenvalue weighted by Crippen LogP contribution is 2.32. The molecule has 0 aliphatic heterocycles. The van der Waals surface area contributed by atoms with Crippen LogP contribution >= 0.6 is 22.9 Å². The van der Waals surface area contributed by atoms with Crippen molar-refractivity contribution in [2.24, 2.45) is 5.73 Å². The molecule has 0 spiro atoms. The molecule has 90 valence electrons. The van der Waals surface area contributed by atoms with Crippen molar-refractivity contribution in [3.63, 3.8) is 0 Å². The molecule has 0 fully saturated rings. The highest BCUT2D eigenvalue weighted by atomic mass is 35.5. The zero-order valence-corrected chi connectivity index (χ0v) is 11.1. The molecule has 2 heterocycles. The average molecular weight is 275 g/mol. The summed E-state index contributed by atoms with van der Waals surface area (Å²) in [5.41, 5.74) is 7.43. The first-order chi connectivity index (χ1) is 8.75. The van der Waals surface area contributed by atoms with Crippen molar-refractivity contribution >= 4 is 33.7 Å². The summed E-state index contributed by atoms with van der Waals surface area (Å²) in [5, 5.41) is 2.25. The lowest BCUT2D eigenvalue weighted by Gasteiger charge is -2.12. The van der Waals surface area contributed by atoms with E-state index in [4.69, 9.17) is 17.3 Å². The monoisotopic (exact) mass is 274 g/mol.